The van der Waals surface area contributed by atoms with Crippen molar-refractivity contribution in [3.63, 3.8) is 0 Å². The van der Waals surface area contributed by atoms with Crippen molar-refractivity contribution in [2.24, 2.45) is 5.92 Å². The third-order valence-corrected chi connectivity index (χ3v) is 16.3. The smallest absolute Gasteiger partial charge is 0.211 e. The van der Waals surface area contributed by atoms with E-state index in [1.54, 1.807) is 0 Å². The summed E-state index contributed by atoms with van der Waals surface area (Å²) in [6.45, 7) is 8.40. The van der Waals surface area contributed by atoms with E-state index >= 15 is 0 Å². The highest BCUT2D eigenvalue weighted by Crippen LogP contribution is 2.59. The SMILES string of the molecule is COc1c(OC)c(OC)c([Si](C2=C(C)C(C)=C(C)C2C)(c2c(OC)c(OC)c(OC)c(OC)c2OC)c2c(OC)c(OC)c(OC)c(OC)c2OC)c(OC)c1OC. The van der Waals surface area contributed by atoms with Gasteiger partial charge in [0.25, 0.3) is 0 Å². The highest BCUT2D eigenvalue weighted by atomic mass is 28.3. The Balaban J connectivity index is 2.86. The van der Waals surface area contributed by atoms with E-state index in [4.69, 9.17) is 71.1 Å². The van der Waals surface area contributed by atoms with E-state index in [0.717, 1.165) is 21.9 Å². The van der Waals surface area contributed by atoms with Crippen LogP contribution in [0.1, 0.15) is 27.7 Å². The average Bonchev–Trinajstić information content (AvgIpc) is 3.44. The normalized spacial score (nSPS) is 13.8. The van der Waals surface area contributed by atoms with Gasteiger partial charge in [-0.05, 0) is 32.3 Å². The van der Waals surface area contributed by atoms with Crippen LogP contribution in [0, 0.1) is 5.92 Å². The number of allylic oxidation sites excluding steroid dienone is 4. The average molecular weight is 831 g/mol. The fourth-order valence-corrected chi connectivity index (χ4v) is 15.0. The second-order valence-electron chi connectivity index (χ2n) is 12.9. The van der Waals surface area contributed by atoms with Crippen LogP contribution < -0.4 is 86.6 Å². The van der Waals surface area contributed by atoms with Crippen LogP contribution in [0.4, 0.5) is 0 Å². The molecular formula is C42H58O15Si. The molecule has 0 aromatic heterocycles. The van der Waals surface area contributed by atoms with Crippen LogP contribution in [0.15, 0.2) is 21.9 Å². The van der Waals surface area contributed by atoms with Crippen molar-refractivity contribution in [2.45, 2.75) is 27.7 Å². The number of methoxy groups -OCH3 is 15. The first kappa shape index (κ1) is 45.1. The van der Waals surface area contributed by atoms with Gasteiger partial charge in [-0.1, -0.05) is 23.3 Å². The molecule has 15 nitrogen and oxygen atoms in total. The molecular weight excluding hydrogens is 773 g/mol. The van der Waals surface area contributed by atoms with Crippen molar-refractivity contribution in [3.05, 3.63) is 21.9 Å². The lowest BCUT2D eigenvalue weighted by molar-refractivity contribution is 0.291. The fourth-order valence-electron chi connectivity index (χ4n) is 8.53. The molecule has 0 amide bonds. The molecule has 0 spiro atoms. The first-order valence-electron chi connectivity index (χ1n) is 18.1. The molecule has 0 saturated heterocycles. The van der Waals surface area contributed by atoms with Crippen molar-refractivity contribution in [1.82, 2.24) is 0 Å². The van der Waals surface area contributed by atoms with E-state index in [9.17, 15) is 0 Å². The van der Waals surface area contributed by atoms with Gasteiger partial charge in [0.15, 0.2) is 34.5 Å². The van der Waals surface area contributed by atoms with Crippen molar-refractivity contribution in [3.8, 4) is 86.2 Å². The van der Waals surface area contributed by atoms with Crippen molar-refractivity contribution < 1.29 is 71.1 Å². The van der Waals surface area contributed by atoms with Gasteiger partial charge in [-0.25, -0.2) is 0 Å². The van der Waals surface area contributed by atoms with Gasteiger partial charge in [-0.3, -0.25) is 0 Å². The zero-order valence-electron chi connectivity index (χ0n) is 37.2. The molecule has 1 aliphatic carbocycles. The van der Waals surface area contributed by atoms with E-state index < -0.39 is 8.07 Å². The third-order valence-electron chi connectivity index (χ3n) is 11.1. The zero-order chi connectivity index (χ0) is 43.4. The topological polar surface area (TPSA) is 138 Å². The Morgan fingerprint density at radius 2 is 0.448 bits per heavy atom. The summed E-state index contributed by atoms with van der Waals surface area (Å²) < 4.78 is 94.2. The van der Waals surface area contributed by atoms with E-state index in [0.29, 0.717) is 15.6 Å². The van der Waals surface area contributed by atoms with Crippen LogP contribution in [0.25, 0.3) is 0 Å². The molecule has 3 aromatic rings. The minimum atomic E-state index is -4.55. The van der Waals surface area contributed by atoms with Crippen molar-refractivity contribution in [1.29, 1.82) is 0 Å². The fraction of sp³-hybridized carbons (Fsp3) is 0.476. The molecule has 0 fully saturated rings. The van der Waals surface area contributed by atoms with Gasteiger partial charge in [0.2, 0.25) is 59.8 Å². The summed E-state index contributed by atoms with van der Waals surface area (Å²) in [7, 11) is 18.2. The highest BCUT2D eigenvalue weighted by Gasteiger charge is 2.61. The van der Waals surface area contributed by atoms with Gasteiger partial charge in [0.1, 0.15) is 0 Å². The largest absolute Gasteiger partial charge is 0.493 e. The van der Waals surface area contributed by atoms with Crippen molar-refractivity contribution >= 4 is 23.6 Å². The minimum absolute atomic E-state index is 0.204. The maximum Gasteiger partial charge on any atom is 0.211 e. The number of rotatable bonds is 19. The summed E-state index contributed by atoms with van der Waals surface area (Å²) in [5, 5.41) is 2.26. The molecule has 1 unspecified atom stereocenters. The third kappa shape index (κ3) is 6.23. The quantitative estimate of drug-likeness (QED) is 0.117. The molecule has 0 N–H and O–H groups in total. The molecule has 58 heavy (non-hydrogen) atoms. The summed E-state index contributed by atoms with van der Waals surface area (Å²) >= 11 is 0. The summed E-state index contributed by atoms with van der Waals surface area (Å²) in [6, 6.07) is 0. The van der Waals surface area contributed by atoms with Gasteiger partial charge in [0.05, 0.1) is 107 Å². The van der Waals surface area contributed by atoms with Crippen LogP contribution in [0.2, 0.25) is 0 Å². The van der Waals surface area contributed by atoms with Gasteiger partial charge in [0, 0.05) is 15.6 Å². The molecule has 1 aliphatic rings. The van der Waals surface area contributed by atoms with Gasteiger partial charge in [-0.2, -0.15) is 0 Å². The van der Waals surface area contributed by atoms with Crippen LogP contribution >= 0.6 is 0 Å². The van der Waals surface area contributed by atoms with Crippen molar-refractivity contribution in [2.75, 3.05) is 107 Å². The standard InChI is InChI=1S/C42H58O15Si/c1-20-21(2)23(4)39(22(20)3)58(40-33(52-14)27(46-8)24(43-5)28(47-9)34(40)53-15,41-35(54-16)29(48-10)25(44-6)30(49-11)36(41)55-17)42-37(56-18)31(50-12)26(45-7)32(51-13)38(42)57-19/h22H,1-19H3. The predicted molar refractivity (Wildman–Crippen MR) is 222 cm³/mol. The van der Waals surface area contributed by atoms with E-state index in [1.165, 1.54) is 107 Å². The maximum absolute atomic E-state index is 6.52. The Kier molecular flexibility index (Phi) is 14.2. The summed E-state index contributed by atoms with van der Waals surface area (Å²) in [6.07, 6.45) is 0. The number of hydrogen-bond acceptors (Lipinski definition) is 15. The first-order valence-corrected chi connectivity index (χ1v) is 20.1. The lowest BCUT2D eigenvalue weighted by Crippen LogP contribution is -2.71. The van der Waals surface area contributed by atoms with Gasteiger partial charge >= 0.3 is 0 Å². The molecule has 320 valence electrons. The predicted octanol–water partition coefficient (Wildman–Crippen LogP) is 5.13. The molecule has 0 radical (unpaired) electrons. The lowest BCUT2D eigenvalue weighted by atomic mass is 10.1. The monoisotopic (exact) mass is 830 g/mol. The first-order chi connectivity index (χ1) is 27.9. The molecule has 16 heteroatoms. The molecule has 0 aliphatic heterocycles. The Labute approximate surface area is 342 Å². The maximum atomic E-state index is 6.52. The van der Waals surface area contributed by atoms with E-state index in [-0.39, 0.29) is 92.2 Å². The second kappa shape index (κ2) is 18.3. The van der Waals surface area contributed by atoms with Gasteiger partial charge in [-0.15, -0.1) is 0 Å². The molecule has 0 heterocycles. The number of ether oxygens (including phenoxy) is 15. The molecule has 0 saturated carbocycles. The minimum Gasteiger partial charge on any atom is -0.493 e. The number of hydrogen-bond donors (Lipinski definition) is 0. The summed E-state index contributed by atoms with van der Waals surface area (Å²) in [5.41, 5.74) is 3.11. The Morgan fingerprint density at radius 3 is 0.586 bits per heavy atom. The van der Waals surface area contributed by atoms with Crippen LogP contribution in [-0.2, 0) is 0 Å². The lowest BCUT2D eigenvalue weighted by Gasteiger charge is -2.43. The molecule has 1 atom stereocenters. The Bertz CT molecular complexity index is 1800. The van der Waals surface area contributed by atoms with Gasteiger partial charge < -0.3 is 71.1 Å². The van der Waals surface area contributed by atoms with Crippen LogP contribution in [-0.4, -0.2) is 115 Å². The van der Waals surface area contributed by atoms with Crippen LogP contribution in [0.3, 0.4) is 0 Å². The molecule has 4 rings (SSSR count). The summed E-state index contributed by atoms with van der Waals surface area (Å²) in [4.78, 5) is 0. The highest BCUT2D eigenvalue weighted by molar-refractivity contribution is 7.19. The zero-order valence-corrected chi connectivity index (χ0v) is 38.2. The Morgan fingerprint density at radius 1 is 0.276 bits per heavy atom. The second-order valence-corrected chi connectivity index (χ2v) is 16.5. The molecule has 3 aromatic carbocycles. The Hall–Kier alpha value is -5.64. The van der Waals surface area contributed by atoms with E-state index in [1.807, 2.05) is 0 Å². The molecule has 0 bridgehead atoms. The van der Waals surface area contributed by atoms with E-state index in [2.05, 4.69) is 27.7 Å². The number of benzene rings is 3. The summed E-state index contributed by atoms with van der Waals surface area (Å²) in [5.74, 6) is 2.98. The van der Waals surface area contributed by atoms with Crippen LogP contribution in [0.5, 0.6) is 86.2 Å².